The first-order chi connectivity index (χ1) is 14.2. The van der Waals surface area contributed by atoms with Crippen molar-refractivity contribution >= 4 is 28.0 Å². The molecule has 1 heterocycles. The number of anilines is 1. The molecule has 1 saturated heterocycles. The number of sulfonamides is 1. The predicted molar refractivity (Wildman–Crippen MR) is 116 cm³/mol. The minimum atomic E-state index is -3.94. The van der Waals surface area contributed by atoms with Crippen LogP contribution in [0.25, 0.3) is 0 Å². The minimum absolute atomic E-state index is 0.146. The Hall–Kier alpha value is -2.87. The van der Waals surface area contributed by atoms with E-state index in [-0.39, 0.29) is 17.3 Å². The summed E-state index contributed by atoms with van der Waals surface area (Å²) in [6.45, 7) is 7.00. The van der Waals surface area contributed by atoms with Crippen molar-refractivity contribution in [1.29, 1.82) is 0 Å². The smallest absolute Gasteiger partial charge is 0.264 e. The quantitative estimate of drug-likeness (QED) is 0.659. The number of carbonyl (C=O) groups is 2. The Bertz CT molecular complexity index is 1030. The van der Waals surface area contributed by atoms with Crippen LogP contribution in [-0.2, 0) is 19.6 Å². The van der Waals surface area contributed by atoms with Crippen molar-refractivity contribution in [1.82, 2.24) is 9.80 Å². The number of amides is 2. The molecule has 0 aromatic heterocycles. The van der Waals surface area contributed by atoms with Gasteiger partial charge in [-0.05, 0) is 50.1 Å². The first-order valence-corrected chi connectivity index (χ1v) is 11.3. The zero-order valence-corrected chi connectivity index (χ0v) is 18.4. The van der Waals surface area contributed by atoms with Crippen molar-refractivity contribution in [2.45, 2.75) is 25.7 Å². The SMILES string of the molecule is Cc1ccc(S(=O)(=O)N(CC(=O)N2CCN(C=O)CC2)c2cc(C)ccc2C)cc1. The van der Waals surface area contributed by atoms with Gasteiger partial charge in [0.15, 0.2) is 0 Å². The van der Waals surface area contributed by atoms with Crippen molar-refractivity contribution in [3.05, 3.63) is 59.2 Å². The lowest BCUT2D eigenvalue weighted by Crippen LogP contribution is -2.51. The van der Waals surface area contributed by atoms with Gasteiger partial charge in [0.25, 0.3) is 10.0 Å². The second-order valence-corrected chi connectivity index (χ2v) is 9.50. The highest BCUT2D eigenvalue weighted by Gasteiger charge is 2.31. The largest absolute Gasteiger partial charge is 0.342 e. The number of benzene rings is 2. The molecular weight excluding hydrogens is 402 g/mol. The molecule has 30 heavy (non-hydrogen) atoms. The molecule has 0 unspecified atom stereocenters. The second-order valence-electron chi connectivity index (χ2n) is 7.64. The van der Waals surface area contributed by atoms with E-state index in [9.17, 15) is 18.0 Å². The van der Waals surface area contributed by atoms with Gasteiger partial charge in [-0.25, -0.2) is 8.42 Å². The summed E-state index contributed by atoms with van der Waals surface area (Å²) in [6, 6.07) is 12.2. The number of carbonyl (C=O) groups excluding carboxylic acids is 2. The molecular formula is C22H27N3O4S. The van der Waals surface area contributed by atoms with Gasteiger partial charge in [0, 0.05) is 26.2 Å². The highest BCUT2D eigenvalue weighted by Crippen LogP contribution is 2.28. The summed E-state index contributed by atoms with van der Waals surface area (Å²) in [5.74, 6) is -0.280. The maximum absolute atomic E-state index is 13.5. The normalized spacial score (nSPS) is 14.5. The molecule has 2 amide bonds. The zero-order chi connectivity index (χ0) is 21.9. The van der Waals surface area contributed by atoms with Crippen LogP contribution < -0.4 is 4.31 Å². The third kappa shape index (κ3) is 4.64. The van der Waals surface area contributed by atoms with Crippen LogP contribution in [-0.4, -0.2) is 63.3 Å². The van der Waals surface area contributed by atoms with E-state index in [1.807, 2.05) is 32.9 Å². The topological polar surface area (TPSA) is 78.0 Å². The third-order valence-electron chi connectivity index (χ3n) is 5.34. The summed E-state index contributed by atoms with van der Waals surface area (Å²) in [6.07, 6.45) is 0.770. The van der Waals surface area contributed by atoms with Crippen LogP contribution in [0.15, 0.2) is 47.4 Å². The van der Waals surface area contributed by atoms with E-state index in [1.165, 1.54) is 4.31 Å². The van der Waals surface area contributed by atoms with Crippen molar-refractivity contribution in [3.63, 3.8) is 0 Å². The Kier molecular flexibility index (Phi) is 6.45. The number of piperazine rings is 1. The van der Waals surface area contributed by atoms with Gasteiger partial charge in [0.05, 0.1) is 10.6 Å². The van der Waals surface area contributed by atoms with E-state index in [4.69, 9.17) is 0 Å². The average Bonchev–Trinajstić information content (AvgIpc) is 2.74. The van der Waals surface area contributed by atoms with Crippen molar-refractivity contribution in [3.8, 4) is 0 Å². The molecule has 2 aromatic carbocycles. The predicted octanol–water partition coefficient (Wildman–Crippen LogP) is 2.11. The lowest BCUT2D eigenvalue weighted by atomic mass is 10.1. The summed E-state index contributed by atoms with van der Waals surface area (Å²) >= 11 is 0. The van der Waals surface area contributed by atoms with Crippen LogP contribution in [0.1, 0.15) is 16.7 Å². The molecule has 0 atom stereocenters. The summed E-state index contributed by atoms with van der Waals surface area (Å²) < 4.78 is 28.3. The zero-order valence-electron chi connectivity index (χ0n) is 17.5. The van der Waals surface area contributed by atoms with E-state index >= 15 is 0 Å². The van der Waals surface area contributed by atoms with Gasteiger partial charge in [-0.15, -0.1) is 0 Å². The van der Waals surface area contributed by atoms with Crippen molar-refractivity contribution in [2.24, 2.45) is 0 Å². The molecule has 0 saturated carbocycles. The Balaban J connectivity index is 1.96. The van der Waals surface area contributed by atoms with E-state index in [0.717, 1.165) is 23.1 Å². The highest BCUT2D eigenvalue weighted by molar-refractivity contribution is 7.92. The number of aryl methyl sites for hydroxylation is 3. The van der Waals surface area contributed by atoms with E-state index in [2.05, 4.69) is 0 Å². The van der Waals surface area contributed by atoms with Gasteiger partial charge in [0.1, 0.15) is 6.54 Å². The fourth-order valence-corrected chi connectivity index (χ4v) is 4.90. The van der Waals surface area contributed by atoms with Crippen LogP contribution in [0.4, 0.5) is 5.69 Å². The molecule has 0 aliphatic carbocycles. The van der Waals surface area contributed by atoms with Gasteiger partial charge in [-0.2, -0.15) is 0 Å². The molecule has 8 heteroatoms. The highest BCUT2D eigenvalue weighted by atomic mass is 32.2. The lowest BCUT2D eigenvalue weighted by molar-refractivity contribution is -0.133. The molecule has 0 spiro atoms. The molecule has 160 valence electrons. The molecule has 1 aliphatic rings. The van der Waals surface area contributed by atoms with Crippen LogP contribution >= 0.6 is 0 Å². The fraction of sp³-hybridized carbons (Fsp3) is 0.364. The maximum atomic E-state index is 13.5. The molecule has 1 fully saturated rings. The Morgan fingerprint density at radius 3 is 2.17 bits per heavy atom. The van der Waals surface area contributed by atoms with Gasteiger partial charge >= 0.3 is 0 Å². The van der Waals surface area contributed by atoms with Crippen LogP contribution in [0.2, 0.25) is 0 Å². The van der Waals surface area contributed by atoms with Crippen LogP contribution in [0.3, 0.4) is 0 Å². The Morgan fingerprint density at radius 1 is 0.967 bits per heavy atom. The van der Waals surface area contributed by atoms with Gasteiger partial charge in [-0.3, -0.25) is 13.9 Å². The standard InChI is InChI=1S/C22H27N3O4S/c1-17-5-8-20(9-6-17)30(28,29)25(21-14-18(2)4-7-19(21)3)15-22(27)24-12-10-23(16-26)11-13-24/h4-9,14,16H,10-13,15H2,1-3H3. The molecule has 7 nitrogen and oxygen atoms in total. The van der Waals surface area contributed by atoms with E-state index in [1.54, 1.807) is 40.1 Å². The fourth-order valence-electron chi connectivity index (χ4n) is 3.42. The molecule has 2 aromatic rings. The van der Waals surface area contributed by atoms with E-state index in [0.29, 0.717) is 31.9 Å². The Labute approximate surface area is 177 Å². The van der Waals surface area contributed by atoms with Crippen molar-refractivity contribution in [2.75, 3.05) is 37.0 Å². The summed E-state index contributed by atoms with van der Waals surface area (Å²) in [5.41, 5.74) is 3.13. The number of hydrogen-bond acceptors (Lipinski definition) is 4. The monoisotopic (exact) mass is 429 g/mol. The number of nitrogens with zero attached hydrogens (tertiary/aromatic N) is 3. The third-order valence-corrected chi connectivity index (χ3v) is 7.11. The lowest BCUT2D eigenvalue weighted by Gasteiger charge is -2.34. The second kappa shape index (κ2) is 8.87. The minimum Gasteiger partial charge on any atom is -0.342 e. The number of rotatable bonds is 6. The summed E-state index contributed by atoms with van der Waals surface area (Å²) in [4.78, 5) is 27.3. The summed E-state index contributed by atoms with van der Waals surface area (Å²) in [7, 11) is -3.94. The number of hydrogen-bond donors (Lipinski definition) is 0. The van der Waals surface area contributed by atoms with Crippen molar-refractivity contribution < 1.29 is 18.0 Å². The summed E-state index contributed by atoms with van der Waals surface area (Å²) in [5, 5.41) is 0. The first kappa shape index (κ1) is 21.8. The molecule has 0 bridgehead atoms. The van der Waals surface area contributed by atoms with Gasteiger partial charge < -0.3 is 9.80 Å². The van der Waals surface area contributed by atoms with Gasteiger partial charge in [-0.1, -0.05) is 29.8 Å². The first-order valence-electron chi connectivity index (χ1n) is 9.86. The molecule has 0 radical (unpaired) electrons. The molecule has 3 rings (SSSR count). The van der Waals surface area contributed by atoms with Crippen LogP contribution in [0.5, 0.6) is 0 Å². The molecule has 1 aliphatic heterocycles. The molecule has 0 N–H and O–H groups in total. The van der Waals surface area contributed by atoms with Gasteiger partial charge in [0.2, 0.25) is 12.3 Å². The average molecular weight is 430 g/mol. The van der Waals surface area contributed by atoms with Crippen LogP contribution in [0, 0.1) is 20.8 Å². The van der Waals surface area contributed by atoms with E-state index < -0.39 is 10.0 Å². The maximum Gasteiger partial charge on any atom is 0.264 e. The Morgan fingerprint density at radius 2 is 1.57 bits per heavy atom.